The lowest BCUT2D eigenvalue weighted by Gasteiger charge is -2.42. The molecule has 1 aliphatic carbocycles. The summed E-state index contributed by atoms with van der Waals surface area (Å²) in [7, 11) is 3.21. The lowest BCUT2D eigenvalue weighted by molar-refractivity contribution is -0.134. The third-order valence-electron chi connectivity index (χ3n) is 6.27. The fourth-order valence-electron chi connectivity index (χ4n) is 4.29. The fraction of sp³-hybridized carbons (Fsp3) is 0.609. The molecule has 32 heavy (non-hydrogen) atoms. The summed E-state index contributed by atoms with van der Waals surface area (Å²) in [5, 5.41) is 5.70. The third-order valence-corrected chi connectivity index (χ3v) is 6.27. The first-order chi connectivity index (χ1) is 15.4. The molecule has 2 heterocycles. The van der Waals surface area contributed by atoms with E-state index in [4.69, 9.17) is 14.2 Å². The van der Waals surface area contributed by atoms with Crippen LogP contribution in [-0.4, -0.2) is 74.8 Å². The Kier molecular flexibility index (Phi) is 6.95. The normalized spacial score (nSPS) is 25.0. The van der Waals surface area contributed by atoms with Gasteiger partial charge in [-0.25, -0.2) is 0 Å². The Bertz CT molecular complexity index is 871. The Morgan fingerprint density at radius 3 is 2.75 bits per heavy atom. The standard InChI is InChI=1S/C23H31N3O6/c1-26-18-7-6-16(10-21(27)24-11-14-3-4-14)32-20(18)12-31-19-8-5-15(9-17(19)23(26)29)25-22(28)13-30-2/h5,8-9,14,16,18,20H,3-4,6-7,10-13H2,1-2H3,(H,24,27)(H,25,28)/t16-,18+,20+/m1/s1. The summed E-state index contributed by atoms with van der Waals surface area (Å²) in [6.07, 6.45) is 3.67. The fourth-order valence-corrected chi connectivity index (χ4v) is 4.29. The van der Waals surface area contributed by atoms with E-state index in [1.54, 1.807) is 30.1 Å². The van der Waals surface area contributed by atoms with Crippen molar-refractivity contribution in [3.05, 3.63) is 23.8 Å². The number of amides is 3. The Labute approximate surface area is 187 Å². The van der Waals surface area contributed by atoms with Gasteiger partial charge in [-0.1, -0.05) is 0 Å². The van der Waals surface area contributed by atoms with Gasteiger partial charge >= 0.3 is 0 Å². The Morgan fingerprint density at radius 2 is 2.00 bits per heavy atom. The minimum Gasteiger partial charge on any atom is -0.490 e. The maximum absolute atomic E-state index is 13.2. The molecule has 2 N–H and O–H groups in total. The quantitative estimate of drug-likeness (QED) is 0.660. The van der Waals surface area contributed by atoms with Crippen molar-refractivity contribution in [1.82, 2.24) is 10.2 Å². The Hall–Kier alpha value is -2.65. The van der Waals surface area contributed by atoms with Gasteiger partial charge < -0.3 is 29.7 Å². The highest BCUT2D eigenvalue weighted by atomic mass is 16.5. The average Bonchev–Trinajstić information content (AvgIpc) is 3.60. The minimum absolute atomic E-state index is 0.0185. The summed E-state index contributed by atoms with van der Waals surface area (Å²) in [5.74, 6) is 0.612. The lowest BCUT2D eigenvalue weighted by atomic mass is 9.94. The smallest absolute Gasteiger partial charge is 0.257 e. The molecule has 1 aromatic carbocycles. The monoisotopic (exact) mass is 445 g/mol. The number of benzene rings is 1. The number of rotatable bonds is 7. The van der Waals surface area contributed by atoms with E-state index in [1.807, 2.05) is 0 Å². The van der Waals surface area contributed by atoms with E-state index in [2.05, 4.69) is 10.6 Å². The number of ether oxygens (including phenoxy) is 3. The SMILES string of the molecule is COCC(=O)Nc1ccc2c(c1)C(=O)N(C)[C@H]1CC[C@H](CC(=O)NCC3CC3)O[C@H]1CO2. The van der Waals surface area contributed by atoms with Crippen molar-refractivity contribution >= 4 is 23.4 Å². The number of hydrogen-bond donors (Lipinski definition) is 2. The Balaban J connectivity index is 1.41. The first-order valence-electron chi connectivity index (χ1n) is 11.2. The second kappa shape index (κ2) is 9.87. The number of hydrogen-bond acceptors (Lipinski definition) is 6. The highest BCUT2D eigenvalue weighted by Crippen LogP contribution is 2.32. The van der Waals surface area contributed by atoms with E-state index in [1.165, 1.54) is 20.0 Å². The predicted molar refractivity (Wildman–Crippen MR) is 117 cm³/mol. The molecule has 1 saturated carbocycles. The van der Waals surface area contributed by atoms with Crippen molar-refractivity contribution in [1.29, 1.82) is 0 Å². The van der Waals surface area contributed by atoms with Gasteiger partial charge in [-0.3, -0.25) is 14.4 Å². The topological polar surface area (TPSA) is 106 Å². The summed E-state index contributed by atoms with van der Waals surface area (Å²) >= 11 is 0. The highest BCUT2D eigenvalue weighted by molar-refractivity contribution is 6.00. The van der Waals surface area contributed by atoms with Crippen LogP contribution in [0.5, 0.6) is 5.75 Å². The van der Waals surface area contributed by atoms with Gasteiger partial charge in [0.05, 0.1) is 24.1 Å². The van der Waals surface area contributed by atoms with Crippen molar-refractivity contribution in [2.75, 3.05) is 39.2 Å². The van der Waals surface area contributed by atoms with Gasteiger partial charge in [-0.15, -0.1) is 0 Å². The first-order valence-corrected chi connectivity index (χ1v) is 11.2. The third kappa shape index (κ3) is 5.39. The van der Waals surface area contributed by atoms with Crippen molar-refractivity contribution in [3.63, 3.8) is 0 Å². The maximum atomic E-state index is 13.2. The number of nitrogens with zero attached hydrogens (tertiary/aromatic N) is 1. The van der Waals surface area contributed by atoms with Crippen LogP contribution in [0.3, 0.4) is 0 Å². The van der Waals surface area contributed by atoms with Crippen LogP contribution in [0.2, 0.25) is 0 Å². The summed E-state index contributed by atoms with van der Waals surface area (Å²) in [5.41, 5.74) is 0.896. The van der Waals surface area contributed by atoms with E-state index >= 15 is 0 Å². The van der Waals surface area contributed by atoms with E-state index in [9.17, 15) is 14.4 Å². The molecular formula is C23H31N3O6. The van der Waals surface area contributed by atoms with Crippen LogP contribution in [0.4, 0.5) is 5.69 Å². The first kappa shape index (κ1) is 22.5. The summed E-state index contributed by atoms with van der Waals surface area (Å²) in [6.45, 7) is 0.968. The second-order valence-corrected chi connectivity index (χ2v) is 8.81. The predicted octanol–water partition coefficient (Wildman–Crippen LogP) is 1.57. The lowest BCUT2D eigenvalue weighted by Crippen LogP contribution is -2.54. The zero-order valence-electron chi connectivity index (χ0n) is 18.6. The number of anilines is 1. The number of carbonyl (C=O) groups excluding carboxylic acids is 3. The van der Waals surface area contributed by atoms with Crippen LogP contribution in [0.15, 0.2) is 18.2 Å². The summed E-state index contributed by atoms with van der Waals surface area (Å²) in [4.78, 5) is 38.9. The number of methoxy groups -OCH3 is 1. The van der Waals surface area contributed by atoms with Gasteiger partial charge in [-0.05, 0) is 49.8 Å². The van der Waals surface area contributed by atoms with E-state index in [0.717, 1.165) is 13.0 Å². The average molecular weight is 446 g/mol. The molecule has 2 fully saturated rings. The molecule has 0 radical (unpaired) electrons. The second-order valence-electron chi connectivity index (χ2n) is 8.81. The molecule has 1 saturated heterocycles. The van der Waals surface area contributed by atoms with Crippen LogP contribution in [0.25, 0.3) is 0 Å². The van der Waals surface area contributed by atoms with E-state index in [0.29, 0.717) is 35.8 Å². The number of carbonyl (C=O) groups is 3. The molecule has 9 nitrogen and oxygen atoms in total. The molecule has 0 spiro atoms. The number of likely N-dealkylation sites (N-methyl/N-ethyl adjacent to an activating group) is 1. The molecule has 0 aromatic heterocycles. The molecule has 4 rings (SSSR count). The molecule has 2 aliphatic heterocycles. The van der Waals surface area contributed by atoms with Crippen LogP contribution in [0, 0.1) is 5.92 Å². The number of nitrogens with one attached hydrogen (secondary N) is 2. The van der Waals surface area contributed by atoms with Crippen molar-refractivity contribution in [2.45, 2.75) is 50.4 Å². The van der Waals surface area contributed by atoms with Crippen molar-refractivity contribution < 1.29 is 28.6 Å². The number of fused-ring (bicyclic) bond motifs is 2. The van der Waals surface area contributed by atoms with Gasteiger partial charge in [0, 0.05) is 26.4 Å². The van der Waals surface area contributed by atoms with Gasteiger partial charge in [0.25, 0.3) is 5.91 Å². The van der Waals surface area contributed by atoms with Crippen LogP contribution >= 0.6 is 0 Å². The van der Waals surface area contributed by atoms with Gasteiger partial charge in [0.1, 0.15) is 25.1 Å². The van der Waals surface area contributed by atoms with Crippen molar-refractivity contribution in [3.8, 4) is 5.75 Å². The molecule has 9 heteroatoms. The van der Waals surface area contributed by atoms with Gasteiger partial charge in [-0.2, -0.15) is 0 Å². The molecule has 0 unspecified atom stereocenters. The summed E-state index contributed by atoms with van der Waals surface area (Å²) in [6, 6.07) is 4.84. The molecule has 3 atom stereocenters. The largest absolute Gasteiger partial charge is 0.490 e. The van der Waals surface area contributed by atoms with Gasteiger partial charge in [0.15, 0.2) is 0 Å². The van der Waals surface area contributed by atoms with Gasteiger partial charge in [0.2, 0.25) is 11.8 Å². The highest BCUT2D eigenvalue weighted by Gasteiger charge is 2.39. The molecule has 0 bridgehead atoms. The summed E-state index contributed by atoms with van der Waals surface area (Å²) < 4.78 is 17.0. The molecule has 174 valence electrons. The van der Waals surface area contributed by atoms with Crippen molar-refractivity contribution in [2.24, 2.45) is 5.92 Å². The molecule has 3 aliphatic rings. The van der Waals surface area contributed by atoms with Crippen LogP contribution < -0.4 is 15.4 Å². The molecular weight excluding hydrogens is 414 g/mol. The van der Waals surface area contributed by atoms with Crippen LogP contribution in [0.1, 0.15) is 42.5 Å². The van der Waals surface area contributed by atoms with Crippen LogP contribution in [-0.2, 0) is 19.1 Å². The zero-order chi connectivity index (χ0) is 22.7. The molecule has 1 aromatic rings. The zero-order valence-corrected chi connectivity index (χ0v) is 18.6. The minimum atomic E-state index is -0.312. The Morgan fingerprint density at radius 1 is 1.19 bits per heavy atom. The molecule has 3 amide bonds. The van der Waals surface area contributed by atoms with E-state index < -0.39 is 0 Å². The van der Waals surface area contributed by atoms with E-state index in [-0.39, 0.29) is 49.2 Å². The maximum Gasteiger partial charge on any atom is 0.257 e.